The predicted octanol–water partition coefficient (Wildman–Crippen LogP) is 2.28. The van der Waals surface area contributed by atoms with Crippen molar-refractivity contribution in [2.24, 2.45) is 0 Å². The van der Waals surface area contributed by atoms with Crippen LogP contribution in [0.25, 0.3) is 0 Å². The van der Waals surface area contributed by atoms with E-state index in [1.165, 1.54) is 12.8 Å². The van der Waals surface area contributed by atoms with E-state index in [4.69, 9.17) is 4.74 Å². The van der Waals surface area contributed by atoms with Crippen molar-refractivity contribution in [1.82, 2.24) is 4.90 Å². The summed E-state index contributed by atoms with van der Waals surface area (Å²) in [6, 6.07) is 14.9. The zero-order valence-corrected chi connectivity index (χ0v) is 16.3. The van der Waals surface area contributed by atoms with Crippen LogP contribution < -0.4 is 15.5 Å². The maximum absolute atomic E-state index is 12.3. The van der Waals surface area contributed by atoms with Crippen molar-refractivity contribution in [2.45, 2.75) is 0 Å². The Hall–Kier alpha value is -3.06. The zero-order chi connectivity index (χ0) is 19.9. The van der Waals surface area contributed by atoms with Crippen LogP contribution in [0.15, 0.2) is 48.5 Å². The standard InChI is InChI=1S/C21H26N4O3/c1-24-11-13-25(14-12-24)17-9-7-16(8-10-17)22-15-20(26)23-19-6-4-3-5-18(19)21(27)28-2/h3-10,22H,11-15H2,1-2H3,(H,23,26). The molecule has 0 unspecified atom stereocenters. The minimum atomic E-state index is -0.483. The molecule has 1 amide bonds. The number of ether oxygens (including phenoxy) is 1. The van der Waals surface area contributed by atoms with Gasteiger partial charge in [-0.1, -0.05) is 12.1 Å². The number of benzene rings is 2. The fourth-order valence-corrected chi connectivity index (χ4v) is 3.11. The van der Waals surface area contributed by atoms with E-state index in [-0.39, 0.29) is 12.5 Å². The van der Waals surface area contributed by atoms with Gasteiger partial charge in [0.15, 0.2) is 0 Å². The summed E-state index contributed by atoms with van der Waals surface area (Å²) in [6.07, 6.45) is 0. The molecule has 0 aromatic heterocycles. The van der Waals surface area contributed by atoms with Gasteiger partial charge in [0.2, 0.25) is 5.91 Å². The Balaban J connectivity index is 1.53. The van der Waals surface area contributed by atoms with Crippen LogP contribution in [0.3, 0.4) is 0 Å². The molecule has 7 nitrogen and oxygen atoms in total. The summed E-state index contributed by atoms with van der Waals surface area (Å²) >= 11 is 0. The second-order valence-electron chi connectivity index (χ2n) is 6.78. The minimum absolute atomic E-state index is 0.101. The Labute approximate surface area is 165 Å². The number of esters is 1. The van der Waals surface area contributed by atoms with Gasteiger partial charge in [-0.25, -0.2) is 4.79 Å². The molecule has 1 saturated heterocycles. The van der Waals surface area contributed by atoms with Crippen LogP contribution in [-0.4, -0.2) is 63.7 Å². The molecule has 0 atom stereocenters. The van der Waals surface area contributed by atoms with E-state index in [1.54, 1.807) is 24.3 Å². The van der Waals surface area contributed by atoms with Gasteiger partial charge in [0.05, 0.1) is 24.9 Å². The molecule has 1 aliphatic rings. The van der Waals surface area contributed by atoms with Crippen molar-refractivity contribution in [1.29, 1.82) is 0 Å². The van der Waals surface area contributed by atoms with E-state index in [1.807, 2.05) is 12.1 Å². The van der Waals surface area contributed by atoms with Gasteiger partial charge in [-0.05, 0) is 43.4 Å². The van der Waals surface area contributed by atoms with Gasteiger partial charge >= 0.3 is 5.97 Å². The first-order valence-electron chi connectivity index (χ1n) is 9.31. The average molecular weight is 382 g/mol. The molecule has 28 heavy (non-hydrogen) atoms. The lowest BCUT2D eigenvalue weighted by atomic mass is 10.2. The van der Waals surface area contributed by atoms with Crippen LogP contribution in [0.2, 0.25) is 0 Å². The highest BCUT2D eigenvalue weighted by atomic mass is 16.5. The molecule has 1 fully saturated rings. The molecule has 0 bridgehead atoms. The van der Waals surface area contributed by atoms with E-state index in [0.717, 1.165) is 31.9 Å². The zero-order valence-electron chi connectivity index (χ0n) is 16.3. The van der Waals surface area contributed by atoms with E-state index in [2.05, 4.69) is 39.6 Å². The number of likely N-dealkylation sites (N-methyl/N-ethyl adjacent to an activating group) is 1. The fourth-order valence-electron chi connectivity index (χ4n) is 3.11. The second kappa shape index (κ2) is 9.23. The molecule has 0 saturated carbocycles. The molecule has 148 valence electrons. The third kappa shape index (κ3) is 5.01. The number of amides is 1. The Morgan fingerprint density at radius 2 is 1.68 bits per heavy atom. The number of para-hydroxylation sites is 1. The van der Waals surface area contributed by atoms with Gasteiger partial charge in [0, 0.05) is 37.6 Å². The summed E-state index contributed by atoms with van der Waals surface area (Å²) < 4.78 is 4.74. The lowest BCUT2D eigenvalue weighted by Gasteiger charge is -2.34. The highest BCUT2D eigenvalue weighted by Gasteiger charge is 2.15. The van der Waals surface area contributed by atoms with Gasteiger partial charge in [0.25, 0.3) is 0 Å². The summed E-state index contributed by atoms with van der Waals surface area (Å²) in [6.45, 7) is 4.26. The number of methoxy groups -OCH3 is 1. The number of nitrogens with one attached hydrogen (secondary N) is 2. The van der Waals surface area contributed by atoms with E-state index in [0.29, 0.717) is 11.3 Å². The predicted molar refractivity (Wildman–Crippen MR) is 111 cm³/mol. The monoisotopic (exact) mass is 382 g/mol. The highest BCUT2D eigenvalue weighted by molar-refractivity contribution is 6.02. The minimum Gasteiger partial charge on any atom is -0.465 e. The summed E-state index contributed by atoms with van der Waals surface area (Å²) in [5.74, 6) is -0.720. The third-order valence-corrected chi connectivity index (χ3v) is 4.80. The highest BCUT2D eigenvalue weighted by Crippen LogP contribution is 2.19. The normalized spacial score (nSPS) is 14.4. The van der Waals surface area contributed by atoms with Gasteiger partial charge in [-0.3, -0.25) is 4.79 Å². The molecule has 1 aliphatic heterocycles. The Morgan fingerprint density at radius 1 is 1.00 bits per heavy atom. The quantitative estimate of drug-likeness (QED) is 0.747. The number of piperazine rings is 1. The van der Waals surface area contributed by atoms with Crippen molar-refractivity contribution < 1.29 is 14.3 Å². The van der Waals surface area contributed by atoms with Crippen molar-refractivity contribution in [2.75, 3.05) is 62.4 Å². The molecule has 2 aromatic carbocycles. The van der Waals surface area contributed by atoms with E-state index in [9.17, 15) is 9.59 Å². The van der Waals surface area contributed by atoms with Crippen molar-refractivity contribution in [3.63, 3.8) is 0 Å². The van der Waals surface area contributed by atoms with Gasteiger partial charge < -0.3 is 25.2 Å². The first-order valence-corrected chi connectivity index (χ1v) is 9.31. The lowest BCUT2D eigenvalue weighted by Crippen LogP contribution is -2.44. The van der Waals surface area contributed by atoms with Crippen LogP contribution in [0.1, 0.15) is 10.4 Å². The molecule has 7 heteroatoms. The Bertz CT molecular complexity index is 815. The SMILES string of the molecule is COC(=O)c1ccccc1NC(=O)CNc1ccc(N2CCN(C)CC2)cc1. The first kappa shape index (κ1) is 19.7. The van der Waals surface area contributed by atoms with Gasteiger partial charge in [0.1, 0.15) is 0 Å². The molecule has 0 radical (unpaired) electrons. The Morgan fingerprint density at radius 3 is 2.36 bits per heavy atom. The summed E-state index contributed by atoms with van der Waals surface area (Å²) in [4.78, 5) is 28.7. The van der Waals surface area contributed by atoms with Crippen LogP contribution in [0.4, 0.5) is 17.1 Å². The van der Waals surface area contributed by atoms with Crippen molar-refractivity contribution >= 4 is 28.9 Å². The molecule has 0 aliphatic carbocycles. The molecule has 1 heterocycles. The molecule has 0 spiro atoms. The largest absolute Gasteiger partial charge is 0.465 e. The van der Waals surface area contributed by atoms with Crippen LogP contribution >= 0.6 is 0 Å². The molecular formula is C21H26N4O3. The Kier molecular flexibility index (Phi) is 6.49. The maximum atomic E-state index is 12.3. The maximum Gasteiger partial charge on any atom is 0.339 e. The van der Waals surface area contributed by atoms with Crippen LogP contribution in [0.5, 0.6) is 0 Å². The number of anilines is 3. The average Bonchev–Trinajstić information content (AvgIpc) is 2.73. The van der Waals surface area contributed by atoms with Crippen LogP contribution in [0, 0.1) is 0 Å². The van der Waals surface area contributed by atoms with Crippen molar-refractivity contribution in [3.8, 4) is 0 Å². The summed E-state index contributed by atoms with van der Waals surface area (Å²) in [5.41, 5.74) is 2.82. The fraction of sp³-hybridized carbons (Fsp3) is 0.333. The number of nitrogens with zero attached hydrogens (tertiary/aromatic N) is 2. The molecular weight excluding hydrogens is 356 g/mol. The summed E-state index contributed by atoms with van der Waals surface area (Å²) in [7, 11) is 3.45. The third-order valence-electron chi connectivity index (χ3n) is 4.80. The number of carbonyl (C=O) groups is 2. The number of rotatable bonds is 6. The van der Waals surface area contributed by atoms with Crippen molar-refractivity contribution in [3.05, 3.63) is 54.1 Å². The van der Waals surface area contributed by atoms with Crippen LogP contribution in [-0.2, 0) is 9.53 Å². The number of carbonyl (C=O) groups excluding carboxylic acids is 2. The number of hydrogen-bond acceptors (Lipinski definition) is 6. The van der Waals surface area contributed by atoms with Gasteiger partial charge in [-0.15, -0.1) is 0 Å². The molecule has 2 aromatic rings. The lowest BCUT2D eigenvalue weighted by molar-refractivity contribution is -0.114. The van der Waals surface area contributed by atoms with E-state index < -0.39 is 5.97 Å². The topological polar surface area (TPSA) is 73.9 Å². The second-order valence-corrected chi connectivity index (χ2v) is 6.78. The van der Waals surface area contributed by atoms with E-state index >= 15 is 0 Å². The van der Waals surface area contributed by atoms with Gasteiger partial charge in [-0.2, -0.15) is 0 Å². The molecule has 3 rings (SSSR count). The smallest absolute Gasteiger partial charge is 0.339 e. The first-order chi connectivity index (χ1) is 13.6. The molecule has 2 N–H and O–H groups in total. The summed E-state index contributed by atoms with van der Waals surface area (Å²) in [5, 5.41) is 5.86. The number of hydrogen-bond donors (Lipinski definition) is 2.